The number of hydrogen-bond acceptors (Lipinski definition) is 2. The average molecular weight is 129 g/mol. The second-order valence-corrected chi connectivity index (χ2v) is 3.70. The Morgan fingerprint density at radius 2 is 2.11 bits per heavy atom. The minimum atomic E-state index is -0.137. The van der Waals surface area contributed by atoms with Crippen molar-refractivity contribution in [3.63, 3.8) is 0 Å². The summed E-state index contributed by atoms with van der Waals surface area (Å²) in [4.78, 5) is 2.16. The van der Waals surface area contributed by atoms with Crippen molar-refractivity contribution < 1.29 is 5.11 Å². The Bertz CT molecular complexity index is 111. The molecular weight excluding hydrogens is 114 g/mol. The number of likely N-dealkylation sites (tertiary alicyclic amines) is 1. The lowest BCUT2D eigenvalue weighted by Crippen LogP contribution is -2.26. The minimum Gasteiger partial charge on any atom is -0.391 e. The zero-order valence-corrected chi connectivity index (χ0v) is 6.39. The van der Waals surface area contributed by atoms with E-state index in [-0.39, 0.29) is 11.5 Å². The highest BCUT2D eigenvalue weighted by Crippen LogP contribution is 2.27. The maximum atomic E-state index is 9.39. The molecule has 2 heteroatoms. The first-order valence-electron chi connectivity index (χ1n) is 3.39. The molecule has 9 heavy (non-hydrogen) atoms. The number of likely N-dealkylation sites (N-methyl/N-ethyl adjacent to an activating group) is 1. The van der Waals surface area contributed by atoms with Crippen LogP contribution in [0, 0.1) is 5.41 Å². The van der Waals surface area contributed by atoms with Crippen LogP contribution in [0.1, 0.15) is 13.8 Å². The number of hydrogen-bond donors (Lipinski definition) is 1. The van der Waals surface area contributed by atoms with E-state index >= 15 is 0 Å². The molecule has 0 spiro atoms. The van der Waals surface area contributed by atoms with Crippen molar-refractivity contribution in [2.75, 3.05) is 20.1 Å². The lowest BCUT2D eigenvalue weighted by Gasteiger charge is -2.20. The quantitative estimate of drug-likeness (QED) is 0.509. The van der Waals surface area contributed by atoms with Crippen LogP contribution in [0.15, 0.2) is 0 Å². The third-order valence-electron chi connectivity index (χ3n) is 2.06. The van der Waals surface area contributed by atoms with Gasteiger partial charge >= 0.3 is 0 Å². The topological polar surface area (TPSA) is 23.5 Å². The van der Waals surface area contributed by atoms with Crippen molar-refractivity contribution in [2.24, 2.45) is 5.41 Å². The zero-order chi connectivity index (χ0) is 7.07. The first-order valence-corrected chi connectivity index (χ1v) is 3.39. The Balaban J connectivity index is 2.58. The number of aliphatic hydroxyl groups is 1. The van der Waals surface area contributed by atoms with Gasteiger partial charge in [0.05, 0.1) is 6.10 Å². The van der Waals surface area contributed by atoms with Gasteiger partial charge in [0.2, 0.25) is 0 Å². The lowest BCUT2D eigenvalue weighted by molar-refractivity contribution is 0.0957. The molecule has 0 aromatic heterocycles. The maximum absolute atomic E-state index is 9.39. The summed E-state index contributed by atoms with van der Waals surface area (Å²) in [5.74, 6) is 0. The molecule has 0 radical (unpaired) electrons. The highest BCUT2D eigenvalue weighted by atomic mass is 16.3. The Labute approximate surface area is 56.5 Å². The summed E-state index contributed by atoms with van der Waals surface area (Å²) in [6.45, 7) is 6.03. The molecule has 1 N–H and O–H groups in total. The van der Waals surface area contributed by atoms with E-state index in [0.29, 0.717) is 0 Å². The molecule has 0 bridgehead atoms. The van der Waals surface area contributed by atoms with Crippen molar-refractivity contribution in [2.45, 2.75) is 20.0 Å². The summed E-state index contributed by atoms with van der Waals surface area (Å²) in [5, 5.41) is 9.39. The summed E-state index contributed by atoms with van der Waals surface area (Å²) < 4.78 is 0. The van der Waals surface area contributed by atoms with Crippen LogP contribution in [0.3, 0.4) is 0 Å². The first kappa shape index (κ1) is 7.03. The minimum absolute atomic E-state index is 0.106. The first-order chi connectivity index (χ1) is 4.02. The van der Waals surface area contributed by atoms with Gasteiger partial charge in [-0.2, -0.15) is 0 Å². The van der Waals surface area contributed by atoms with E-state index in [1.807, 2.05) is 7.05 Å². The van der Waals surface area contributed by atoms with Crippen LogP contribution in [0.4, 0.5) is 0 Å². The van der Waals surface area contributed by atoms with E-state index < -0.39 is 0 Å². The van der Waals surface area contributed by atoms with Crippen molar-refractivity contribution in [1.29, 1.82) is 0 Å². The molecule has 1 atom stereocenters. The third kappa shape index (κ3) is 1.25. The van der Waals surface area contributed by atoms with Crippen LogP contribution >= 0.6 is 0 Å². The molecular formula is C7H15NO. The fourth-order valence-electron chi connectivity index (χ4n) is 1.41. The predicted molar refractivity (Wildman–Crippen MR) is 37.3 cm³/mol. The van der Waals surface area contributed by atoms with Crippen molar-refractivity contribution >= 4 is 0 Å². The Morgan fingerprint density at radius 3 is 2.22 bits per heavy atom. The zero-order valence-electron chi connectivity index (χ0n) is 6.39. The molecule has 0 aromatic rings. The normalized spacial score (nSPS) is 35.3. The number of rotatable bonds is 0. The van der Waals surface area contributed by atoms with E-state index in [9.17, 15) is 5.11 Å². The Kier molecular flexibility index (Phi) is 1.53. The lowest BCUT2D eigenvalue weighted by atomic mass is 9.90. The van der Waals surface area contributed by atoms with Gasteiger partial charge in [-0.15, -0.1) is 0 Å². The van der Waals surface area contributed by atoms with E-state index in [4.69, 9.17) is 0 Å². The van der Waals surface area contributed by atoms with Crippen LogP contribution in [-0.2, 0) is 0 Å². The molecule has 2 nitrogen and oxygen atoms in total. The highest BCUT2D eigenvalue weighted by Gasteiger charge is 2.35. The molecule has 1 aliphatic heterocycles. The molecule has 1 aliphatic rings. The van der Waals surface area contributed by atoms with Crippen LogP contribution in [0.25, 0.3) is 0 Å². The van der Waals surface area contributed by atoms with E-state index in [2.05, 4.69) is 18.7 Å². The molecule has 0 aliphatic carbocycles. The van der Waals surface area contributed by atoms with Crippen LogP contribution < -0.4 is 0 Å². The average Bonchev–Trinajstić information content (AvgIpc) is 1.79. The molecule has 0 aromatic carbocycles. The molecule has 0 saturated carbocycles. The smallest absolute Gasteiger partial charge is 0.0730 e. The molecule has 0 amide bonds. The van der Waals surface area contributed by atoms with Crippen molar-refractivity contribution in [1.82, 2.24) is 4.90 Å². The van der Waals surface area contributed by atoms with Gasteiger partial charge in [-0.25, -0.2) is 0 Å². The van der Waals surface area contributed by atoms with Gasteiger partial charge in [0.1, 0.15) is 0 Å². The Hall–Kier alpha value is -0.0800. The number of nitrogens with zero attached hydrogens (tertiary/aromatic N) is 1. The monoisotopic (exact) mass is 129 g/mol. The molecule has 1 heterocycles. The molecule has 1 rings (SSSR count). The second kappa shape index (κ2) is 1.96. The summed E-state index contributed by atoms with van der Waals surface area (Å²) in [6, 6.07) is 0. The van der Waals surface area contributed by atoms with Crippen LogP contribution in [0.2, 0.25) is 0 Å². The van der Waals surface area contributed by atoms with Crippen LogP contribution in [-0.4, -0.2) is 36.2 Å². The van der Waals surface area contributed by atoms with Gasteiger partial charge < -0.3 is 10.0 Å². The molecule has 1 fully saturated rings. The van der Waals surface area contributed by atoms with Crippen molar-refractivity contribution in [3.05, 3.63) is 0 Å². The maximum Gasteiger partial charge on any atom is 0.0730 e. The fourth-order valence-corrected chi connectivity index (χ4v) is 1.41. The number of β-amino-alcohol motifs (C(OH)–C–C–N with tert-alkyl or cyclic N) is 1. The third-order valence-corrected chi connectivity index (χ3v) is 2.06. The van der Waals surface area contributed by atoms with Crippen molar-refractivity contribution in [3.8, 4) is 0 Å². The van der Waals surface area contributed by atoms with E-state index in [0.717, 1.165) is 13.1 Å². The van der Waals surface area contributed by atoms with Gasteiger partial charge in [0, 0.05) is 18.5 Å². The van der Waals surface area contributed by atoms with Gasteiger partial charge in [-0.1, -0.05) is 13.8 Å². The van der Waals surface area contributed by atoms with Gasteiger partial charge in [0.25, 0.3) is 0 Å². The standard InChI is InChI=1S/C7H15NO/c1-7(2)5-8(3)4-6(7)9/h6,9H,4-5H2,1-3H3. The highest BCUT2D eigenvalue weighted by molar-refractivity contribution is 4.88. The summed E-state index contributed by atoms with van der Waals surface area (Å²) in [7, 11) is 2.04. The molecule has 54 valence electrons. The van der Waals surface area contributed by atoms with E-state index in [1.165, 1.54) is 0 Å². The summed E-state index contributed by atoms with van der Waals surface area (Å²) in [6.07, 6.45) is -0.137. The predicted octanol–water partition coefficient (Wildman–Crippen LogP) is 0.319. The van der Waals surface area contributed by atoms with Gasteiger partial charge in [-0.3, -0.25) is 0 Å². The van der Waals surface area contributed by atoms with E-state index in [1.54, 1.807) is 0 Å². The van der Waals surface area contributed by atoms with Gasteiger partial charge in [0.15, 0.2) is 0 Å². The Morgan fingerprint density at radius 1 is 1.56 bits per heavy atom. The molecule has 1 saturated heterocycles. The van der Waals surface area contributed by atoms with Crippen LogP contribution in [0.5, 0.6) is 0 Å². The summed E-state index contributed by atoms with van der Waals surface area (Å²) in [5.41, 5.74) is 0.106. The largest absolute Gasteiger partial charge is 0.391 e. The van der Waals surface area contributed by atoms with Gasteiger partial charge in [-0.05, 0) is 7.05 Å². The SMILES string of the molecule is CN1CC(O)C(C)(C)C1. The second-order valence-electron chi connectivity index (χ2n) is 3.70. The molecule has 1 unspecified atom stereocenters. The number of aliphatic hydroxyl groups excluding tert-OH is 1. The fraction of sp³-hybridized carbons (Fsp3) is 1.00. The summed E-state index contributed by atoms with van der Waals surface area (Å²) >= 11 is 0.